The first-order valence-corrected chi connectivity index (χ1v) is 16.8. The third kappa shape index (κ3) is 6.40. The first kappa shape index (κ1) is 29.8. The van der Waals surface area contributed by atoms with Crippen LogP contribution < -0.4 is 20.9 Å². The number of nitrogens with two attached hydrogens (primary N) is 1. The molecule has 0 atom stereocenters. The number of anilines is 2. The molecule has 4 aliphatic rings. The summed E-state index contributed by atoms with van der Waals surface area (Å²) in [4.78, 5) is 27.1. The van der Waals surface area contributed by atoms with Gasteiger partial charge in [0.25, 0.3) is 5.56 Å². The molecule has 44 heavy (non-hydrogen) atoms. The van der Waals surface area contributed by atoms with E-state index in [0.29, 0.717) is 64.1 Å². The number of likely N-dealkylation sites (tertiary alicyclic amines) is 2. The fourth-order valence-electron chi connectivity index (χ4n) is 6.82. The summed E-state index contributed by atoms with van der Waals surface area (Å²) >= 11 is 1.76. The van der Waals surface area contributed by atoms with E-state index in [1.165, 1.54) is 12.1 Å². The SMILES string of the molecule is Nc1ccc(N2CC(N3CC(N4CCC(COc5cc(F)c6c(=O)[nH]c(CSC7CCOCC7)nc6c5)CC4)C3)C2)c(F)c1. The molecule has 0 bridgehead atoms. The maximum absolute atomic E-state index is 14.9. The highest BCUT2D eigenvalue weighted by Crippen LogP contribution is 2.32. The maximum Gasteiger partial charge on any atom is 0.261 e. The molecule has 7 rings (SSSR count). The minimum absolute atomic E-state index is 0.0213. The molecule has 0 unspecified atom stereocenters. The molecule has 2 aromatic carbocycles. The number of nitrogens with one attached hydrogen (secondary N) is 1. The number of thioether (sulfide) groups is 1. The van der Waals surface area contributed by atoms with Crippen molar-refractivity contribution in [2.24, 2.45) is 5.92 Å². The fraction of sp³-hybridized carbons (Fsp3) is 0.562. The Morgan fingerprint density at radius 1 is 0.977 bits per heavy atom. The first-order valence-electron chi connectivity index (χ1n) is 15.7. The number of hydrogen-bond acceptors (Lipinski definition) is 9. The van der Waals surface area contributed by atoms with Crippen LogP contribution in [0.3, 0.4) is 0 Å². The van der Waals surface area contributed by atoms with E-state index in [4.69, 9.17) is 15.2 Å². The predicted octanol–water partition coefficient (Wildman–Crippen LogP) is 3.86. The number of nitrogens with zero attached hydrogens (tertiary/aromatic N) is 4. The van der Waals surface area contributed by atoms with Gasteiger partial charge < -0.3 is 25.1 Å². The number of hydrogen-bond donors (Lipinski definition) is 2. The van der Waals surface area contributed by atoms with Crippen molar-refractivity contribution in [2.45, 2.75) is 48.8 Å². The third-order valence-electron chi connectivity index (χ3n) is 9.64. The summed E-state index contributed by atoms with van der Waals surface area (Å²) in [7, 11) is 0. The van der Waals surface area contributed by atoms with Gasteiger partial charge >= 0.3 is 0 Å². The summed E-state index contributed by atoms with van der Waals surface area (Å²) in [6.45, 7) is 7.91. The first-order chi connectivity index (χ1) is 21.4. The molecule has 4 aliphatic heterocycles. The lowest BCUT2D eigenvalue weighted by molar-refractivity contribution is -0.0192. The highest BCUT2D eigenvalue weighted by molar-refractivity contribution is 7.99. The Morgan fingerprint density at radius 3 is 2.48 bits per heavy atom. The molecule has 0 saturated carbocycles. The fourth-order valence-corrected chi connectivity index (χ4v) is 7.87. The van der Waals surface area contributed by atoms with Crippen LogP contribution in [0, 0.1) is 17.6 Å². The number of benzene rings is 2. The van der Waals surface area contributed by atoms with E-state index >= 15 is 0 Å². The van der Waals surface area contributed by atoms with Crippen LogP contribution in [-0.4, -0.2) is 96.2 Å². The Labute approximate surface area is 260 Å². The molecule has 9 nitrogen and oxygen atoms in total. The topological polar surface area (TPSA) is 100.0 Å². The number of fused-ring (bicyclic) bond motifs is 1. The Kier molecular flexibility index (Phi) is 8.67. The minimum atomic E-state index is -0.604. The second kappa shape index (κ2) is 12.8. The molecule has 12 heteroatoms. The number of nitrogen functional groups attached to an aromatic ring is 1. The van der Waals surface area contributed by atoms with Gasteiger partial charge in [0.05, 0.1) is 23.6 Å². The zero-order chi connectivity index (χ0) is 30.2. The van der Waals surface area contributed by atoms with Crippen LogP contribution in [0.5, 0.6) is 5.75 Å². The highest BCUT2D eigenvalue weighted by Gasteiger charge is 2.42. The number of aromatic nitrogens is 2. The number of aromatic amines is 1. The zero-order valence-electron chi connectivity index (χ0n) is 24.9. The van der Waals surface area contributed by atoms with Gasteiger partial charge in [0.1, 0.15) is 28.6 Å². The largest absolute Gasteiger partial charge is 0.493 e. The van der Waals surface area contributed by atoms with Crippen LogP contribution in [0.25, 0.3) is 10.9 Å². The van der Waals surface area contributed by atoms with Gasteiger partial charge in [-0.05, 0) is 62.9 Å². The number of ether oxygens (including phenoxy) is 2. The van der Waals surface area contributed by atoms with Gasteiger partial charge in [-0.2, -0.15) is 11.8 Å². The Morgan fingerprint density at radius 2 is 1.73 bits per heavy atom. The van der Waals surface area contributed by atoms with Crippen molar-refractivity contribution in [1.29, 1.82) is 0 Å². The van der Waals surface area contributed by atoms with Crippen LogP contribution in [0.2, 0.25) is 0 Å². The molecule has 4 fully saturated rings. The van der Waals surface area contributed by atoms with E-state index in [2.05, 4.69) is 24.7 Å². The van der Waals surface area contributed by atoms with Gasteiger partial charge in [-0.15, -0.1) is 0 Å². The second-order valence-corrected chi connectivity index (χ2v) is 13.9. The monoisotopic (exact) mass is 626 g/mol. The minimum Gasteiger partial charge on any atom is -0.493 e. The molecule has 3 N–H and O–H groups in total. The molecular weight excluding hydrogens is 586 g/mol. The van der Waals surface area contributed by atoms with Crippen LogP contribution in [-0.2, 0) is 10.5 Å². The van der Waals surface area contributed by atoms with Gasteiger partial charge in [-0.25, -0.2) is 13.8 Å². The summed E-state index contributed by atoms with van der Waals surface area (Å²) < 4.78 is 40.7. The smallest absolute Gasteiger partial charge is 0.261 e. The zero-order valence-corrected chi connectivity index (χ0v) is 25.7. The van der Waals surface area contributed by atoms with Crippen molar-refractivity contribution in [3.8, 4) is 5.75 Å². The number of H-pyrrole nitrogens is 1. The molecule has 236 valence electrons. The number of rotatable bonds is 9. The summed E-state index contributed by atoms with van der Waals surface area (Å²) in [5.74, 6) is 1.09. The third-order valence-corrected chi connectivity index (χ3v) is 11.0. The number of piperidine rings is 1. The van der Waals surface area contributed by atoms with Gasteiger partial charge in [0, 0.05) is 74.5 Å². The van der Waals surface area contributed by atoms with E-state index in [0.717, 1.165) is 78.2 Å². The Bertz CT molecular complexity index is 1530. The van der Waals surface area contributed by atoms with Crippen LogP contribution in [0.4, 0.5) is 20.2 Å². The molecule has 0 radical (unpaired) electrons. The quantitative estimate of drug-likeness (QED) is 0.343. The van der Waals surface area contributed by atoms with Crippen LogP contribution in [0.15, 0.2) is 35.1 Å². The molecular formula is C32H40F2N6O3S. The lowest BCUT2D eigenvalue weighted by atomic mass is 9.93. The lowest BCUT2D eigenvalue weighted by Crippen LogP contribution is -2.70. The van der Waals surface area contributed by atoms with E-state index in [1.807, 2.05) is 0 Å². The summed E-state index contributed by atoms with van der Waals surface area (Å²) in [5, 5.41) is 0.458. The normalized spacial score (nSPS) is 21.5. The summed E-state index contributed by atoms with van der Waals surface area (Å²) in [6, 6.07) is 8.95. The standard InChI is InChI=1S/C32H40F2N6O3S/c33-26-11-21(35)1-2-29(26)40-16-23(17-40)39-14-22(15-39)38-7-3-20(4-8-38)18-43-24-12-27(34)31-28(13-24)36-30(37-32(31)41)19-44-25-5-9-42-10-6-25/h1-2,11-13,20,22-23,25H,3-10,14-19,35H2,(H,36,37,41). The Hall–Kier alpha value is -2.93. The molecule has 0 amide bonds. The predicted molar refractivity (Wildman–Crippen MR) is 169 cm³/mol. The molecule has 4 saturated heterocycles. The van der Waals surface area contributed by atoms with Crippen molar-refractivity contribution < 1.29 is 18.3 Å². The van der Waals surface area contributed by atoms with Crippen LogP contribution >= 0.6 is 11.8 Å². The average molecular weight is 627 g/mol. The molecule has 1 aromatic heterocycles. The van der Waals surface area contributed by atoms with Crippen molar-refractivity contribution in [2.75, 3.05) is 69.7 Å². The average Bonchev–Trinajstić information content (AvgIpc) is 2.97. The summed E-state index contributed by atoms with van der Waals surface area (Å²) in [5.41, 5.74) is 6.66. The van der Waals surface area contributed by atoms with Gasteiger partial charge in [0.2, 0.25) is 0 Å². The molecule has 3 aromatic rings. The Balaban J connectivity index is 0.861. The number of halogens is 2. The van der Waals surface area contributed by atoms with E-state index in [1.54, 1.807) is 30.0 Å². The van der Waals surface area contributed by atoms with Gasteiger partial charge in [0.15, 0.2) is 0 Å². The van der Waals surface area contributed by atoms with E-state index < -0.39 is 11.4 Å². The van der Waals surface area contributed by atoms with Crippen molar-refractivity contribution in [1.82, 2.24) is 19.8 Å². The lowest BCUT2D eigenvalue weighted by Gasteiger charge is -2.55. The highest BCUT2D eigenvalue weighted by atomic mass is 32.2. The van der Waals surface area contributed by atoms with Crippen LogP contribution in [0.1, 0.15) is 31.5 Å². The van der Waals surface area contributed by atoms with E-state index in [-0.39, 0.29) is 11.2 Å². The van der Waals surface area contributed by atoms with Gasteiger partial charge in [-0.1, -0.05) is 0 Å². The van der Waals surface area contributed by atoms with Crippen molar-refractivity contribution in [3.63, 3.8) is 0 Å². The molecule has 0 spiro atoms. The van der Waals surface area contributed by atoms with E-state index in [9.17, 15) is 13.6 Å². The molecule has 0 aliphatic carbocycles. The van der Waals surface area contributed by atoms with Crippen molar-refractivity contribution in [3.05, 3.63) is 58.1 Å². The summed E-state index contributed by atoms with van der Waals surface area (Å²) in [6.07, 6.45) is 4.04. The van der Waals surface area contributed by atoms with Crippen molar-refractivity contribution >= 4 is 34.0 Å². The second-order valence-electron chi connectivity index (χ2n) is 12.6. The molecule has 5 heterocycles. The maximum atomic E-state index is 14.9. The van der Waals surface area contributed by atoms with Gasteiger partial charge in [-0.3, -0.25) is 14.6 Å².